The zero-order chi connectivity index (χ0) is 12.5. The predicted octanol–water partition coefficient (Wildman–Crippen LogP) is 2.34. The Balaban J connectivity index is 2.03. The molecular formula is C13H21N3O. The van der Waals surface area contributed by atoms with Gasteiger partial charge in [-0.3, -0.25) is 0 Å². The van der Waals surface area contributed by atoms with Gasteiger partial charge < -0.3 is 15.8 Å². The fraction of sp³-hybridized carbons (Fsp3) is 0.615. The molecule has 3 N–H and O–H groups in total. The lowest BCUT2D eigenvalue weighted by molar-refractivity contribution is -0.0553. The van der Waals surface area contributed by atoms with Crippen LogP contribution in [0.2, 0.25) is 0 Å². The minimum Gasteiger partial charge on any atom is -0.397 e. The molecule has 1 aliphatic rings. The van der Waals surface area contributed by atoms with Gasteiger partial charge in [0.2, 0.25) is 0 Å². The molecule has 0 radical (unpaired) electrons. The van der Waals surface area contributed by atoms with Crippen molar-refractivity contribution in [2.24, 2.45) is 0 Å². The van der Waals surface area contributed by atoms with Crippen LogP contribution in [0.15, 0.2) is 12.1 Å². The molecule has 1 aromatic rings. The first-order valence-electron chi connectivity index (χ1n) is 6.10. The molecule has 1 unspecified atom stereocenters. The van der Waals surface area contributed by atoms with Gasteiger partial charge in [-0.05, 0) is 45.7 Å². The van der Waals surface area contributed by atoms with Gasteiger partial charge in [-0.1, -0.05) is 0 Å². The third-order valence-electron chi connectivity index (χ3n) is 3.18. The van der Waals surface area contributed by atoms with Crippen LogP contribution in [0.3, 0.4) is 0 Å². The molecule has 0 amide bonds. The van der Waals surface area contributed by atoms with Gasteiger partial charge in [0.1, 0.15) is 5.82 Å². The number of nitrogens with two attached hydrogens (primary N) is 1. The first-order chi connectivity index (χ1) is 7.96. The zero-order valence-corrected chi connectivity index (χ0v) is 10.8. The number of nitrogens with one attached hydrogen (secondary N) is 1. The van der Waals surface area contributed by atoms with E-state index < -0.39 is 0 Å². The van der Waals surface area contributed by atoms with E-state index in [0.717, 1.165) is 36.6 Å². The maximum Gasteiger partial charge on any atom is 0.126 e. The standard InChI is InChI=1S/C13H21N3O/c1-9-11(14)4-5-12(15-9)16-10-6-7-17-13(2,3)8-10/h4-5,10H,6-8,14H2,1-3H3,(H,15,16). The predicted molar refractivity (Wildman–Crippen MR) is 70.1 cm³/mol. The summed E-state index contributed by atoms with van der Waals surface area (Å²) < 4.78 is 5.70. The first-order valence-corrected chi connectivity index (χ1v) is 6.10. The zero-order valence-electron chi connectivity index (χ0n) is 10.8. The van der Waals surface area contributed by atoms with Crippen LogP contribution in [0.5, 0.6) is 0 Å². The van der Waals surface area contributed by atoms with Gasteiger partial charge in [0.25, 0.3) is 0 Å². The van der Waals surface area contributed by atoms with Crippen LogP contribution >= 0.6 is 0 Å². The lowest BCUT2D eigenvalue weighted by Gasteiger charge is -2.36. The molecule has 1 aliphatic heterocycles. The van der Waals surface area contributed by atoms with E-state index in [9.17, 15) is 0 Å². The van der Waals surface area contributed by atoms with E-state index >= 15 is 0 Å². The molecule has 4 heteroatoms. The number of anilines is 2. The molecule has 2 heterocycles. The minimum atomic E-state index is -0.0429. The van der Waals surface area contributed by atoms with Crippen molar-refractivity contribution >= 4 is 11.5 Å². The van der Waals surface area contributed by atoms with E-state index in [4.69, 9.17) is 10.5 Å². The molecule has 0 aliphatic carbocycles. The molecule has 0 bridgehead atoms. The largest absolute Gasteiger partial charge is 0.397 e. The molecule has 1 atom stereocenters. The number of ether oxygens (including phenoxy) is 1. The van der Waals surface area contributed by atoms with Crippen molar-refractivity contribution in [2.75, 3.05) is 17.7 Å². The topological polar surface area (TPSA) is 60.2 Å². The number of pyridine rings is 1. The second-order valence-electron chi connectivity index (χ2n) is 5.31. The molecule has 17 heavy (non-hydrogen) atoms. The number of hydrogen-bond acceptors (Lipinski definition) is 4. The second-order valence-corrected chi connectivity index (χ2v) is 5.31. The highest BCUT2D eigenvalue weighted by molar-refractivity contribution is 5.49. The van der Waals surface area contributed by atoms with E-state index in [2.05, 4.69) is 24.1 Å². The first kappa shape index (κ1) is 12.2. The summed E-state index contributed by atoms with van der Waals surface area (Å²) in [6.07, 6.45) is 2.02. The fourth-order valence-corrected chi connectivity index (χ4v) is 2.22. The van der Waals surface area contributed by atoms with Crippen LogP contribution in [-0.2, 0) is 4.74 Å². The van der Waals surface area contributed by atoms with Crippen LogP contribution in [0, 0.1) is 6.92 Å². The number of rotatable bonds is 2. The quantitative estimate of drug-likeness (QED) is 0.826. The Kier molecular flexibility index (Phi) is 3.24. The summed E-state index contributed by atoms with van der Waals surface area (Å²) in [5.41, 5.74) is 7.33. The molecule has 1 fully saturated rings. The number of aryl methyl sites for hydroxylation is 1. The summed E-state index contributed by atoms with van der Waals surface area (Å²) in [4.78, 5) is 4.44. The fourth-order valence-electron chi connectivity index (χ4n) is 2.22. The summed E-state index contributed by atoms with van der Waals surface area (Å²) in [5, 5.41) is 3.46. The number of nitrogen functional groups attached to an aromatic ring is 1. The van der Waals surface area contributed by atoms with Gasteiger partial charge in [-0.2, -0.15) is 0 Å². The van der Waals surface area contributed by atoms with Gasteiger partial charge in [-0.25, -0.2) is 4.98 Å². The molecule has 0 aromatic carbocycles. The molecule has 0 saturated carbocycles. The molecule has 0 spiro atoms. The lowest BCUT2D eigenvalue weighted by atomic mass is 9.94. The molecule has 94 valence electrons. The Morgan fingerprint density at radius 3 is 2.88 bits per heavy atom. The summed E-state index contributed by atoms with van der Waals surface area (Å²) in [7, 11) is 0. The highest BCUT2D eigenvalue weighted by atomic mass is 16.5. The van der Waals surface area contributed by atoms with Crippen LogP contribution in [0.4, 0.5) is 11.5 Å². The Labute approximate surface area is 103 Å². The van der Waals surface area contributed by atoms with Gasteiger partial charge in [0, 0.05) is 12.6 Å². The van der Waals surface area contributed by atoms with Gasteiger partial charge in [-0.15, -0.1) is 0 Å². The Hall–Kier alpha value is -1.29. The SMILES string of the molecule is Cc1nc(NC2CCOC(C)(C)C2)ccc1N. The van der Waals surface area contributed by atoms with Gasteiger partial charge in [0.05, 0.1) is 17.0 Å². The normalized spacial score (nSPS) is 23.4. The number of hydrogen-bond donors (Lipinski definition) is 2. The van der Waals surface area contributed by atoms with Crippen LogP contribution in [0.25, 0.3) is 0 Å². The lowest BCUT2D eigenvalue weighted by Crippen LogP contribution is -2.40. The van der Waals surface area contributed by atoms with E-state index in [0.29, 0.717) is 6.04 Å². The van der Waals surface area contributed by atoms with E-state index in [1.165, 1.54) is 0 Å². The van der Waals surface area contributed by atoms with Crippen molar-refractivity contribution in [3.8, 4) is 0 Å². The molecule has 4 nitrogen and oxygen atoms in total. The van der Waals surface area contributed by atoms with E-state index in [1.807, 2.05) is 19.1 Å². The van der Waals surface area contributed by atoms with Crippen LogP contribution in [0.1, 0.15) is 32.4 Å². The van der Waals surface area contributed by atoms with Crippen LogP contribution in [-0.4, -0.2) is 23.2 Å². The van der Waals surface area contributed by atoms with Crippen molar-refractivity contribution in [2.45, 2.75) is 45.3 Å². The number of nitrogens with zero attached hydrogens (tertiary/aromatic N) is 1. The number of aromatic nitrogens is 1. The average Bonchev–Trinajstić information content (AvgIpc) is 2.22. The third kappa shape index (κ3) is 3.09. The average molecular weight is 235 g/mol. The van der Waals surface area contributed by atoms with Crippen LogP contribution < -0.4 is 11.1 Å². The molecule has 2 rings (SSSR count). The van der Waals surface area contributed by atoms with Gasteiger partial charge >= 0.3 is 0 Å². The van der Waals surface area contributed by atoms with Gasteiger partial charge in [0.15, 0.2) is 0 Å². The van der Waals surface area contributed by atoms with Crippen molar-refractivity contribution in [1.82, 2.24) is 4.98 Å². The van der Waals surface area contributed by atoms with E-state index in [1.54, 1.807) is 0 Å². The summed E-state index contributed by atoms with van der Waals surface area (Å²) >= 11 is 0. The van der Waals surface area contributed by atoms with Crippen molar-refractivity contribution < 1.29 is 4.74 Å². The monoisotopic (exact) mass is 235 g/mol. The maximum absolute atomic E-state index is 5.75. The van der Waals surface area contributed by atoms with E-state index in [-0.39, 0.29) is 5.60 Å². The van der Waals surface area contributed by atoms with Crippen molar-refractivity contribution in [3.05, 3.63) is 17.8 Å². The molecular weight excluding hydrogens is 214 g/mol. The summed E-state index contributed by atoms with van der Waals surface area (Å²) in [6, 6.07) is 4.26. The highest BCUT2D eigenvalue weighted by Gasteiger charge is 2.28. The summed E-state index contributed by atoms with van der Waals surface area (Å²) in [6.45, 7) is 6.98. The Morgan fingerprint density at radius 2 is 2.24 bits per heavy atom. The maximum atomic E-state index is 5.75. The molecule has 1 aromatic heterocycles. The third-order valence-corrected chi connectivity index (χ3v) is 3.18. The molecule has 1 saturated heterocycles. The van der Waals surface area contributed by atoms with Crippen molar-refractivity contribution in [1.29, 1.82) is 0 Å². The Morgan fingerprint density at radius 1 is 1.47 bits per heavy atom. The minimum absolute atomic E-state index is 0.0429. The highest BCUT2D eigenvalue weighted by Crippen LogP contribution is 2.26. The van der Waals surface area contributed by atoms with Crippen molar-refractivity contribution in [3.63, 3.8) is 0 Å². The Bertz CT molecular complexity index is 404. The summed E-state index contributed by atoms with van der Waals surface area (Å²) in [5.74, 6) is 0.902. The second kappa shape index (κ2) is 4.53. The smallest absolute Gasteiger partial charge is 0.126 e.